The van der Waals surface area contributed by atoms with E-state index in [0.29, 0.717) is 37.0 Å². The smallest absolute Gasteiger partial charge is 0.405 e. The first kappa shape index (κ1) is 22.6. The molecule has 1 aromatic heterocycles. The third kappa shape index (κ3) is 4.77. The Labute approximate surface area is 194 Å². The number of nitrogens with zero attached hydrogens (tertiary/aromatic N) is 4. The van der Waals surface area contributed by atoms with Gasteiger partial charge in [0.2, 0.25) is 5.91 Å². The normalized spacial score (nSPS) is 21.2. The van der Waals surface area contributed by atoms with Crippen molar-refractivity contribution in [2.75, 3.05) is 31.1 Å². The van der Waals surface area contributed by atoms with Crippen molar-refractivity contribution in [3.05, 3.63) is 52.4 Å². The Hall–Kier alpha value is -2.56. The number of fused-ring (bicyclic) bond motifs is 1. The number of nitrogens with one attached hydrogen (secondary N) is 1. The van der Waals surface area contributed by atoms with E-state index in [-0.39, 0.29) is 17.6 Å². The lowest BCUT2D eigenvalue weighted by molar-refractivity contribution is -0.133. The van der Waals surface area contributed by atoms with Crippen molar-refractivity contribution in [1.82, 2.24) is 20.2 Å². The van der Waals surface area contributed by atoms with Crippen LogP contribution in [-0.2, 0) is 28.1 Å². The predicted octanol–water partition coefficient (Wildman–Crippen LogP) is 1.98. The maximum Gasteiger partial charge on any atom is 0.405 e. The van der Waals surface area contributed by atoms with Crippen LogP contribution in [0.2, 0.25) is 5.02 Å². The summed E-state index contributed by atoms with van der Waals surface area (Å²) >= 11 is 4.93. The van der Waals surface area contributed by atoms with Gasteiger partial charge in [-0.25, -0.2) is 14.8 Å². The fraction of sp³-hybridized carbons (Fsp3) is 0.429. The molecule has 0 spiro atoms. The van der Waals surface area contributed by atoms with E-state index in [9.17, 15) is 19.2 Å². The highest BCUT2D eigenvalue weighted by Crippen LogP contribution is 2.39. The van der Waals surface area contributed by atoms with Gasteiger partial charge in [0.15, 0.2) is 0 Å². The quantitative estimate of drug-likeness (QED) is 0.631. The van der Waals surface area contributed by atoms with Gasteiger partial charge >= 0.3 is 6.09 Å². The van der Waals surface area contributed by atoms with Gasteiger partial charge in [-0.15, -0.1) is 0 Å². The molecule has 170 valence electrons. The minimum atomic E-state index is -1.24. The van der Waals surface area contributed by atoms with Crippen molar-refractivity contribution >= 4 is 40.6 Å². The van der Waals surface area contributed by atoms with Gasteiger partial charge in [0.25, 0.3) is 0 Å². The summed E-state index contributed by atoms with van der Waals surface area (Å²) in [4.78, 5) is 36.9. The maximum atomic E-state index is 13.1. The van der Waals surface area contributed by atoms with Crippen molar-refractivity contribution in [1.29, 1.82) is 0 Å². The van der Waals surface area contributed by atoms with Gasteiger partial charge in [-0.2, -0.15) is 0 Å². The van der Waals surface area contributed by atoms with Crippen molar-refractivity contribution in [3.63, 3.8) is 0 Å². The summed E-state index contributed by atoms with van der Waals surface area (Å²) in [5.41, 5.74) is 2.57. The van der Waals surface area contributed by atoms with Crippen LogP contribution in [0.15, 0.2) is 30.6 Å². The van der Waals surface area contributed by atoms with E-state index in [4.69, 9.17) is 11.6 Å². The van der Waals surface area contributed by atoms with Crippen LogP contribution in [0, 0.1) is 0 Å². The zero-order valence-corrected chi connectivity index (χ0v) is 19.1. The Bertz CT molecular complexity index is 1000. The molecule has 4 rings (SSSR count). The van der Waals surface area contributed by atoms with Crippen LogP contribution < -0.4 is 10.2 Å². The number of carbonyl (C=O) groups excluding carboxylic acids is 1. The highest BCUT2D eigenvalue weighted by molar-refractivity contribution is 7.91. The number of aromatic nitrogens is 2. The van der Waals surface area contributed by atoms with Crippen molar-refractivity contribution < 1.29 is 19.2 Å². The molecule has 2 amide bonds. The van der Waals surface area contributed by atoms with Crippen molar-refractivity contribution in [2.45, 2.75) is 30.4 Å². The molecule has 0 saturated carbocycles. The number of carbonyl (C=O) groups is 2. The summed E-state index contributed by atoms with van der Waals surface area (Å²) in [6.07, 6.45) is 0.500. The lowest BCUT2D eigenvalue weighted by Gasteiger charge is -2.37. The van der Waals surface area contributed by atoms with Crippen LogP contribution in [0.1, 0.15) is 29.0 Å². The van der Waals surface area contributed by atoms with Gasteiger partial charge in [0, 0.05) is 37.6 Å². The van der Waals surface area contributed by atoms with Gasteiger partial charge in [-0.1, -0.05) is 23.7 Å². The Kier molecular flexibility index (Phi) is 6.73. The number of hydrogen-bond acceptors (Lipinski definition) is 6. The molecule has 3 unspecified atom stereocenters. The van der Waals surface area contributed by atoms with Gasteiger partial charge < -0.3 is 24.8 Å². The van der Waals surface area contributed by atoms with E-state index in [1.807, 2.05) is 6.92 Å². The van der Waals surface area contributed by atoms with E-state index >= 15 is 0 Å². The molecule has 2 aliphatic rings. The largest absolute Gasteiger partial charge is 0.616 e. The van der Waals surface area contributed by atoms with E-state index in [1.54, 1.807) is 29.2 Å². The van der Waals surface area contributed by atoms with E-state index in [1.165, 1.54) is 6.33 Å². The fourth-order valence-corrected chi connectivity index (χ4v) is 5.54. The van der Waals surface area contributed by atoms with Crippen LogP contribution >= 0.6 is 11.6 Å². The van der Waals surface area contributed by atoms with Gasteiger partial charge in [0.05, 0.1) is 5.56 Å². The first-order valence-electron chi connectivity index (χ1n) is 10.3. The molecule has 11 heteroatoms. The standard InChI is InChI=1S/C21H24ClN5O4S/c1-13-18-17(11-32(13)31)23-12-24-19(18)26-6-8-27(9-7-26)20(28)16(25-21(29)30)10-14-2-4-15(22)5-3-14/h2-5,12-13,16,25H,6-11H2,1H3,(H,29,30). The molecule has 0 aliphatic carbocycles. The Morgan fingerprint density at radius 3 is 2.59 bits per heavy atom. The summed E-state index contributed by atoms with van der Waals surface area (Å²) in [6, 6.07) is 6.11. The zero-order chi connectivity index (χ0) is 22.8. The third-order valence-corrected chi connectivity index (χ3v) is 7.70. The fourth-order valence-electron chi connectivity index (χ4n) is 4.16. The topological polar surface area (TPSA) is 122 Å². The number of piperazine rings is 1. The minimum absolute atomic E-state index is 0.121. The summed E-state index contributed by atoms with van der Waals surface area (Å²) in [6.45, 7) is 3.90. The number of rotatable bonds is 5. The van der Waals surface area contributed by atoms with E-state index < -0.39 is 23.3 Å². The third-order valence-electron chi connectivity index (χ3n) is 5.87. The minimum Gasteiger partial charge on any atom is -0.616 e. The molecule has 0 bridgehead atoms. The molecular weight excluding hydrogens is 454 g/mol. The molecular formula is C21H24ClN5O4S. The molecule has 3 atom stereocenters. The number of anilines is 1. The summed E-state index contributed by atoms with van der Waals surface area (Å²) in [5.74, 6) is 0.962. The number of carboxylic acid groups (broad SMARTS) is 1. The average molecular weight is 478 g/mol. The molecule has 0 radical (unpaired) electrons. The van der Waals surface area contributed by atoms with Crippen LogP contribution in [0.5, 0.6) is 0 Å². The predicted molar refractivity (Wildman–Crippen MR) is 121 cm³/mol. The second-order valence-electron chi connectivity index (χ2n) is 7.87. The molecule has 1 aromatic carbocycles. The molecule has 1 fully saturated rings. The number of hydrogen-bond donors (Lipinski definition) is 2. The zero-order valence-electron chi connectivity index (χ0n) is 17.5. The Morgan fingerprint density at radius 2 is 1.94 bits per heavy atom. The maximum absolute atomic E-state index is 13.1. The first-order valence-corrected chi connectivity index (χ1v) is 12.1. The molecule has 1 saturated heterocycles. The number of halogens is 1. The van der Waals surface area contributed by atoms with Gasteiger partial charge in [-0.05, 0) is 35.8 Å². The highest BCUT2D eigenvalue weighted by atomic mass is 35.5. The molecule has 2 aromatic rings. The van der Waals surface area contributed by atoms with Gasteiger partial charge in [-0.3, -0.25) is 4.79 Å². The number of amides is 2. The lowest BCUT2D eigenvalue weighted by Crippen LogP contribution is -2.55. The first-order chi connectivity index (χ1) is 15.3. The van der Waals surface area contributed by atoms with Crippen LogP contribution in [0.25, 0.3) is 0 Å². The van der Waals surface area contributed by atoms with Crippen LogP contribution in [0.4, 0.5) is 10.6 Å². The van der Waals surface area contributed by atoms with Gasteiger partial charge in [0.1, 0.15) is 34.9 Å². The highest BCUT2D eigenvalue weighted by Gasteiger charge is 2.38. The van der Waals surface area contributed by atoms with Crippen molar-refractivity contribution in [2.24, 2.45) is 0 Å². The van der Waals surface area contributed by atoms with E-state index in [0.717, 1.165) is 22.6 Å². The second-order valence-corrected chi connectivity index (χ2v) is 10.1. The molecule has 32 heavy (non-hydrogen) atoms. The Morgan fingerprint density at radius 1 is 1.25 bits per heavy atom. The molecule has 9 nitrogen and oxygen atoms in total. The summed E-state index contributed by atoms with van der Waals surface area (Å²) in [5, 5.41) is 12.0. The summed E-state index contributed by atoms with van der Waals surface area (Å²) in [7, 11) is 0. The molecule has 3 heterocycles. The molecule has 2 N–H and O–H groups in total. The van der Waals surface area contributed by atoms with E-state index in [2.05, 4.69) is 20.2 Å². The van der Waals surface area contributed by atoms with Crippen LogP contribution in [-0.4, -0.2) is 68.7 Å². The Balaban J connectivity index is 1.44. The van der Waals surface area contributed by atoms with Crippen molar-refractivity contribution in [3.8, 4) is 0 Å². The second kappa shape index (κ2) is 9.51. The SMILES string of the molecule is CC1c2c(ncnc2N2CCN(C(=O)C(Cc3ccc(Cl)cc3)NC(=O)O)CC2)C[S+]1[O-]. The van der Waals surface area contributed by atoms with Crippen LogP contribution in [0.3, 0.4) is 0 Å². The number of benzene rings is 1. The summed E-state index contributed by atoms with van der Waals surface area (Å²) < 4.78 is 12.2. The average Bonchev–Trinajstić information content (AvgIpc) is 3.08. The lowest BCUT2D eigenvalue weighted by atomic mass is 10.0. The molecule has 2 aliphatic heterocycles. The monoisotopic (exact) mass is 477 g/mol.